The van der Waals surface area contributed by atoms with E-state index >= 15 is 0 Å². The Hall–Kier alpha value is -2.35. The molecule has 0 aliphatic heterocycles. The third-order valence-electron chi connectivity index (χ3n) is 4.08. The van der Waals surface area contributed by atoms with Gasteiger partial charge in [-0.2, -0.15) is 5.10 Å². The van der Waals surface area contributed by atoms with Crippen LogP contribution in [-0.2, 0) is 0 Å². The minimum Gasteiger partial charge on any atom is -0.292 e. The molecule has 3 aromatic heterocycles. The van der Waals surface area contributed by atoms with Gasteiger partial charge in [-0.25, -0.2) is 9.78 Å². The molecule has 1 aliphatic carbocycles. The van der Waals surface area contributed by atoms with E-state index in [1.165, 1.54) is 6.42 Å². The number of aromatic amines is 1. The van der Waals surface area contributed by atoms with E-state index in [1.807, 2.05) is 24.4 Å². The van der Waals surface area contributed by atoms with Gasteiger partial charge in [0.15, 0.2) is 11.5 Å². The average Bonchev–Trinajstić information content (AvgIpc) is 2.92. The number of halogens is 1. The van der Waals surface area contributed by atoms with Crippen molar-refractivity contribution in [3.63, 3.8) is 0 Å². The van der Waals surface area contributed by atoms with Crippen molar-refractivity contribution in [1.29, 1.82) is 0 Å². The largest absolute Gasteiger partial charge is 0.326 e. The van der Waals surface area contributed by atoms with E-state index in [1.54, 1.807) is 10.6 Å². The molecule has 0 spiro atoms. The van der Waals surface area contributed by atoms with E-state index in [0.29, 0.717) is 23.5 Å². The van der Waals surface area contributed by atoms with Crippen LogP contribution in [0.25, 0.3) is 5.65 Å². The Morgan fingerprint density at radius 1 is 1.48 bits per heavy atom. The summed E-state index contributed by atoms with van der Waals surface area (Å²) < 4.78 is 2.66. The second-order valence-electron chi connectivity index (χ2n) is 5.80. The number of hydrogen-bond donors (Lipinski definition) is 3. The second kappa shape index (κ2) is 5.38. The molecule has 7 nitrogen and oxygen atoms in total. The highest BCUT2D eigenvalue weighted by molar-refractivity contribution is 9.10. The molecule has 4 rings (SSSR count). The Morgan fingerprint density at radius 3 is 3.09 bits per heavy atom. The second-order valence-corrected chi connectivity index (χ2v) is 6.65. The van der Waals surface area contributed by atoms with Gasteiger partial charge in [0.1, 0.15) is 5.82 Å². The molecular formula is C15H15BrN6O. The van der Waals surface area contributed by atoms with Gasteiger partial charge in [0.25, 0.3) is 0 Å². The van der Waals surface area contributed by atoms with Crippen LogP contribution in [0, 0.1) is 5.92 Å². The van der Waals surface area contributed by atoms with E-state index in [9.17, 15) is 4.79 Å². The number of carbonyl (C=O) groups excluding carboxylic acids is 1. The summed E-state index contributed by atoms with van der Waals surface area (Å²) in [6.45, 7) is 2.20. The summed E-state index contributed by atoms with van der Waals surface area (Å²) in [5.74, 6) is 2.34. The van der Waals surface area contributed by atoms with Crippen molar-refractivity contribution in [3.05, 3.63) is 40.8 Å². The van der Waals surface area contributed by atoms with Gasteiger partial charge in [0.05, 0.1) is 10.7 Å². The van der Waals surface area contributed by atoms with Gasteiger partial charge in [-0.1, -0.05) is 6.92 Å². The number of hydrogen-bond acceptors (Lipinski definition) is 3. The van der Waals surface area contributed by atoms with E-state index in [2.05, 4.69) is 48.7 Å². The summed E-state index contributed by atoms with van der Waals surface area (Å²) in [4.78, 5) is 16.4. The molecule has 0 aromatic carbocycles. The number of anilines is 2. The summed E-state index contributed by atoms with van der Waals surface area (Å²) in [6, 6.07) is 5.31. The fourth-order valence-electron chi connectivity index (χ4n) is 2.68. The Kier molecular flexibility index (Phi) is 3.33. The molecule has 1 fully saturated rings. The molecule has 1 saturated carbocycles. The molecule has 3 heterocycles. The van der Waals surface area contributed by atoms with Crippen molar-refractivity contribution in [2.24, 2.45) is 5.92 Å². The molecule has 118 valence electrons. The molecule has 3 N–H and O–H groups in total. The van der Waals surface area contributed by atoms with Crippen LogP contribution in [0.1, 0.15) is 25.0 Å². The Balaban J connectivity index is 1.47. The molecule has 3 aromatic rings. The maximum Gasteiger partial charge on any atom is 0.326 e. The molecule has 0 bridgehead atoms. The van der Waals surface area contributed by atoms with Crippen LogP contribution in [0.5, 0.6) is 0 Å². The van der Waals surface area contributed by atoms with Gasteiger partial charge < -0.3 is 0 Å². The molecule has 0 saturated heterocycles. The quantitative estimate of drug-likeness (QED) is 0.654. The summed E-state index contributed by atoms with van der Waals surface area (Å²) in [5.41, 5.74) is 1.82. The van der Waals surface area contributed by atoms with Crippen LogP contribution < -0.4 is 10.6 Å². The first kappa shape index (κ1) is 14.3. The molecule has 23 heavy (non-hydrogen) atoms. The highest BCUT2D eigenvalue weighted by Crippen LogP contribution is 2.46. The van der Waals surface area contributed by atoms with Gasteiger partial charge >= 0.3 is 6.03 Å². The summed E-state index contributed by atoms with van der Waals surface area (Å²) in [6.07, 6.45) is 4.62. The van der Waals surface area contributed by atoms with Gasteiger partial charge in [-0.3, -0.25) is 20.1 Å². The van der Waals surface area contributed by atoms with E-state index < -0.39 is 0 Å². The maximum atomic E-state index is 12.1. The molecular weight excluding hydrogens is 360 g/mol. The number of carbonyl (C=O) groups is 1. The monoisotopic (exact) mass is 374 g/mol. The maximum absolute atomic E-state index is 12.1. The summed E-state index contributed by atoms with van der Waals surface area (Å²) in [7, 11) is 0. The average molecular weight is 375 g/mol. The Bertz CT molecular complexity index is 885. The van der Waals surface area contributed by atoms with Crippen LogP contribution in [0.2, 0.25) is 0 Å². The third-order valence-corrected chi connectivity index (χ3v) is 4.70. The number of pyridine rings is 1. The first-order valence-electron chi connectivity index (χ1n) is 7.36. The van der Waals surface area contributed by atoms with Crippen molar-refractivity contribution in [3.8, 4) is 0 Å². The normalized spacial score (nSPS) is 19.7. The van der Waals surface area contributed by atoms with Gasteiger partial charge in [0.2, 0.25) is 0 Å². The lowest BCUT2D eigenvalue weighted by Crippen LogP contribution is -2.20. The third kappa shape index (κ3) is 2.70. The van der Waals surface area contributed by atoms with E-state index in [0.717, 1.165) is 15.8 Å². The zero-order valence-electron chi connectivity index (χ0n) is 12.4. The van der Waals surface area contributed by atoms with Crippen molar-refractivity contribution in [2.45, 2.75) is 19.3 Å². The Labute approximate surface area is 140 Å². The topological polar surface area (TPSA) is 87.1 Å². The number of aromatic nitrogens is 4. The molecule has 1 aliphatic rings. The lowest BCUT2D eigenvalue weighted by Gasteiger charge is -2.05. The standard InChI is InChI=1S/C15H15BrN6O/c1-8-5-9(8)11-6-12(21-20-11)18-15(23)19-13-7-17-14-10(16)3-2-4-22(13)14/h2-4,6-9H,5H2,1H3,(H3,18,19,20,21,23)/t8-,9+/m0/s1. The van der Waals surface area contributed by atoms with Gasteiger partial charge in [0, 0.05) is 23.9 Å². The molecule has 0 radical (unpaired) electrons. The van der Waals surface area contributed by atoms with Crippen LogP contribution in [0.15, 0.2) is 35.1 Å². The fraction of sp³-hybridized carbons (Fsp3) is 0.267. The van der Waals surface area contributed by atoms with Gasteiger partial charge in [-0.05, 0) is 40.4 Å². The molecule has 0 unspecified atom stereocenters. The molecule has 8 heteroatoms. The zero-order chi connectivity index (χ0) is 16.0. The highest BCUT2D eigenvalue weighted by atomic mass is 79.9. The van der Waals surface area contributed by atoms with Crippen molar-refractivity contribution in [1.82, 2.24) is 19.6 Å². The number of imidazole rings is 1. The predicted octanol–water partition coefficient (Wildman–Crippen LogP) is 3.59. The highest BCUT2D eigenvalue weighted by Gasteiger charge is 2.35. The van der Waals surface area contributed by atoms with E-state index in [4.69, 9.17) is 0 Å². The van der Waals surface area contributed by atoms with Crippen LogP contribution >= 0.6 is 15.9 Å². The lowest BCUT2D eigenvalue weighted by molar-refractivity contribution is 0.262. The fourth-order valence-corrected chi connectivity index (χ4v) is 3.13. The number of amides is 2. The van der Waals surface area contributed by atoms with Crippen molar-refractivity contribution in [2.75, 3.05) is 10.6 Å². The number of nitrogens with one attached hydrogen (secondary N) is 3. The molecule has 2 amide bonds. The lowest BCUT2D eigenvalue weighted by atomic mass is 10.2. The summed E-state index contributed by atoms with van der Waals surface area (Å²) >= 11 is 3.43. The number of urea groups is 1. The van der Waals surface area contributed by atoms with Gasteiger partial charge in [-0.15, -0.1) is 0 Å². The van der Waals surface area contributed by atoms with Crippen LogP contribution in [-0.4, -0.2) is 25.6 Å². The van der Waals surface area contributed by atoms with Crippen molar-refractivity contribution >= 4 is 39.2 Å². The minimum absolute atomic E-state index is 0.353. The summed E-state index contributed by atoms with van der Waals surface area (Å²) in [5, 5.41) is 12.6. The Morgan fingerprint density at radius 2 is 2.30 bits per heavy atom. The molecule has 2 atom stereocenters. The first-order valence-corrected chi connectivity index (χ1v) is 8.16. The first-order chi connectivity index (χ1) is 11.1. The number of H-pyrrole nitrogens is 1. The minimum atomic E-state index is -0.353. The smallest absolute Gasteiger partial charge is 0.292 e. The van der Waals surface area contributed by atoms with Crippen LogP contribution in [0.3, 0.4) is 0 Å². The van der Waals surface area contributed by atoms with E-state index in [-0.39, 0.29) is 6.03 Å². The van der Waals surface area contributed by atoms with Crippen LogP contribution in [0.4, 0.5) is 16.4 Å². The zero-order valence-corrected chi connectivity index (χ0v) is 14.0. The van der Waals surface area contributed by atoms with Crippen molar-refractivity contribution < 1.29 is 4.79 Å². The number of rotatable bonds is 3. The predicted molar refractivity (Wildman–Crippen MR) is 90.6 cm³/mol. The number of nitrogens with zero attached hydrogens (tertiary/aromatic N) is 3. The number of fused-ring (bicyclic) bond motifs is 1. The SMILES string of the molecule is C[C@H]1C[C@H]1c1cc(NC(=O)Nc2cnc3c(Br)cccn23)n[nH]1.